The van der Waals surface area contributed by atoms with Crippen molar-refractivity contribution in [2.75, 3.05) is 0 Å². The monoisotopic (exact) mass is 409 g/mol. The van der Waals surface area contributed by atoms with E-state index in [1.165, 1.54) is 0 Å². The van der Waals surface area contributed by atoms with Gasteiger partial charge in [-0.1, -0.05) is 91.0 Å². The minimum absolute atomic E-state index is 0.185. The van der Waals surface area contributed by atoms with Crippen LogP contribution in [0.5, 0.6) is 0 Å². The van der Waals surface area contributed by atoms with Gasteiger partial charge < -0.3 is 4.55 Å². The molecule has 30 heavy (non-hydrogen) atoms. The van der Waals surface area contributed by atoms with Crippen molar-refractivity contribution in [3.8, 4) is 22.3 Å². The second-order valence-corrected chi connectivity index (χ2v) is 8.58. The molecule has 0 aliphatic heterocycles. The van der Waals surface area contributed by atoms with Crippen molar-refractivity contribution in [3.05, 3.63) is 103 Å². The summed E-state index contributed by atoms with van der Waals surface area (Å²) in [6, 6.07) is 32.3. The molecule has 0 saturated heterocycles. The lowest BCUT2D eigenvalue weighted by Gasteiger charge is -2.19. The van der Waals surface area contributed by atoms with Crippen LogP contribution in [0.15, 0.2) is 108 Å². The van der Waals surface area contributed by atoms with E-state index in [2.05, 4.69) is 0 Å². The summed E-state index contributed by atoms with van der Waals surface area (Å²) < 4.78 is 37.2. The second-order valence-electron chi connectivity index (χ2n) is 7.26. The normalized spacial score (nSPS) is 11.8. The lowest BCUT2D eigenvalue weighted by Crippen LogP contribution is -2.04. The first kappa shape index (κ1) is 18.6. The number of rotatable bonds is 3. The summed E-state index contributed by atoms with van der Waals surface area (Å²) in [5.74, 6) is 0. The molecule has 0 saturated carbocycles. The molecule has 5 aromatic rings. The molecule has 0 aromatic heterocycles. The molecule has 4 heteroatoms. The molecule has 5 rings (SSSR count). The van der Waals surface area contributed by atoms with Gasteiger partial charge in [-0.15, -0.1) is 0 Å². The average Bonchev–Trinajstić information content (AvgIpc) is 2.77. The summed E-state index contributed by atoms with van der Waals surface area (Å²) in [5.41, 5.74) is 2.24. The van der Waals surface area contributed by atoms with Gasteiger partial charge in [0, 0.05) is 0 Å². The Labute approximate surface area is 175 Å². The molecule has 3 nitrogen and oxygen atoms in total. The maximum atomic E-state index is 12.4. The van der Waals surface area contributed by atoms with E-state index >= 15 is 0 Å². The smallest absolute Gasteiger partial charge is 0.125 e. The Morgan fingerprint density at radius 1 is 0.500 bits per heavy atom. The Hall–Kier alpha value is -3.47. The summed E-state index contributed by atoms with van der Waals surface area (Å²) >= 11 is 0. The molecule has 0 aliphatic carbocycles. The van der Waals surface area contributed by atoms with Gasteiger partial charge in [0.05, 0.1) is 4.90 Å². The van der Waals surface area contributed by atoms with Gasteiger partial charge in [-0.3, -0.25) is 0 Å². The molecule has 0 atom stereocenters. The highest BCUT2D eigenvalue weighted by Gasteiger charge is 2.17. The lowest BCUT2D eigenvalue weighted by atomic mass is 9.96. The van der Waals surface area contributed by atoms with Crippen molar-refractivity contribution in [2.24, 2.45) is 0 Å². The molecule has 5 aromatic carbocycles. The van der Waals surface area contributed by atoms with Gasteiger partial charge in [0.15, 0.2) is 0 Å². The maximum absolute atomic E-state index is 12.4. The van der Waals surface area contributed by atoms with Crippen LogP contribution in [0.4, 0.5) is 0 Å². The first-order valence-electron chi connectivity index (χ1n) is 9.58. The van der Waals surface area contributed by atoms with Crippen LogP contribution in [-0.4, -0.2) is 13.0 Å². The third kappa shape index (κ3) is 3.26. The van der Waals surface area contributed by atoms with E-state index in [4.69, 9.17) is 0 Å². The molecule has 0 spiro atoms. The van der Waals surface area contributed by atoms with Crippen LogP contribution in [0.2, 0.25) is 0 Å². The first-order valence-corrected chi connectivity index (χ1v) is 11.0. The van der Waals surface area contributed by atoms with E-state index in [1.807, 2.05) is 84.9 Å². The van der Waals surface area contributed by atoms with E-state index in [-0.39, 0.29) is 4.90 Å². The van der Waals surface area contributed by atoms with Gasteiger partial charge in [-0.2, -0.15) is 0 Å². The zero-order chi connectivity index (χ0) is 20.7. The van der Waals surface area contributed by atoms with Crippen LogP contribution in [0.25, 0.3) is 43.8 Å². The SMILES string of the molecule is O=S(=O)([O-])c1c(-c2ccc3ccccc3c2)cccc1-c1ccc2ccccc2c1. The third-order valence-electron chi connectivity index (χ3n) is 5.39. The Morgan fingerprint density at radius 2 is 0.933 bits per heavy atom. The molecule has 0 amide bonds. The van der Waals surface area contributed by atoms with Gasteiger partial charge in [0.1, 0.15) is 10.1 Å². The number of hydrogen-bond donors (Lipinski definition) is 0. The van der Waals surface area contributed by atoms with Crippen molar-refractivity contribution < 1.29 is 13.0 Å². The highest BCUT2D eigenvalue weighted by molar-refractivity contribution is 7.86. The Bertz CT molecular complexity index is 1420. The maximum Gasteiger partial charge on any atom is 0.125 e. The van der Waals surface area contributed by atoms with Crippen LogP contribution >= 0.6 is 0 Å². The van der Waals surface area contributed by atoms with Gasteiger partial charge in [0.25, 0.3) is 0 Å². The fourth-order valence-corrected chi connectivity index (χ4v) is 4.89. The molecular formula is C26H17O3S-. The van der Waals surface area contributed by atoms with Gasteiger partial charge in [0.2, 0.25) is 0 Å². The summed E-state index contributed by atoms with van der Waals surface area (Å²) in [6.45, 7) is 0. The predicted molar refractivity (Wildman–Crippen MR) is 120 cm³/mol. The Morgan fingerprint density at radius 3 is 1.37 bits per heavy atom. The molecular weight excluding hydrogens is 392 g/mol. The summed E-state index contributed by atoms with van der Waals surface area (Å²) in [5, 5.41) is 4.08. The van der Waals surface area contributed by atoms with Crippen LogP contribution < -0.4 is 0 Å². The van der Waals surface area contributed by atoms with Crippen LogP contribution in [0.1, 0.15) is 0 Å². The van der Waals surface area contributed by atoms with E-state index < -0.39 is 10.1 Å². The molecule has 0 heterocycles. The van der Waals surface area contributed by atoms with E-state index in [9.17, 15) is 13.0 Å². The third-order valence-corrected chi connectivity index (χ3v) is 6.33. The fraction of sp³-hybridized carbons (Fsp3) is 0. The predicted octanol–water partition coefficient (Wildman–Crippen LogP) is 6.23. The molecule has 0 fully saturated rings. The zero-order valence-electron chi connectivity index (χ0n) is 15.9. The van der Waals surface area contributed by atoms with Gasteiger partial charge in [-0.25, -0.2) is 8.42 Å². The van der Waals surface area contributed by atoms with Crippen LogP contribution in [-0.2, 0) is 10.1 Å². The quantitative estimate of drug-likeness (QED) is 0.332. The lowest BCUT2D eigenvalue weighted by molar-refractivity contribution is 0.463. The minimum Gasteiger partial charge on any atom is -0.744 e. The van der Waals surface area contributed by atoms with Crippen molar-refractivity contribution in [2.45, 2.75) is 4.90 Å². The van der Waals surface area contributed by atoms with Crippen LogP contribution in [0, 0.1) is 0 Å². The van der Waals surface area contributed by atoms with E-state index in [0.29, 0.717) is 22.3 Å². The second kappa shape index (κ2) is 7.10. The minimum atomic E-state index is -4.72. The molecule has 0 aliphatic rings. The van der Waals surface area contributed by atoms with E-state index in [1.54, 1.807) is 18.2 Å². The number of hydrogen-bond acceptors (Lipinski definition) is 3. The Balaban J connectivity index is 1.78. The number of benzene rings is 5. The van der Waals surface area contributed by atoms with Crippen molar-refractivity contribution in [3.63, 3.8) is 0 Å². The highest BCUT2D eigenvalue weighted by atomic mass is 32.2. The largest absolute Gasteiger partial charge is 0.744 e. The molecule has 0 N–H and O–H groups in total. The van der Waals surface area contributed by atoms with Crippen LogP contribution in [0.3, 0.4) is 0 Å². The first-order chi connectivity index (χ1) is 14.5. The van der Waals surface area contributed by atoms with E-state index in [0.717, 1.165) is 21.5 Å². The molecule has 0 radical (unpaired) electrons. The standard InChI is InChI=1S/C26H18O3S/c27-30(28,29)26-24(22-14-12-18-6-1-3-8-20(18)16-22)10-5-11-25(26)23-15-13-19-7-2-4-9-21(19)17-23/h1-17H,(H,27,28,29)/p-1. The molecule has 0 unspecified atom stereocenters. The van der Waals surface area contributed by atoms with Crippen molar-refractivity contribution in [1.82, 2.24) is 0 Å². The molecule has 0 bridgehead atoms. The summed E-state index contributed by atoms with van der Waals surface area (Å²) in [6.07, 6.45) is 0. The summed E-state index contributed by atoms with van der Waals surface area (Å²) in [7, 11) is -4.72. The van der Waals surface area contributed by atoms with Crippen molar-refractivity contribution >= 4 is 31.7 Å². The van der Waals surface area contributed by atoms with Gasteiger partial charge in [-0.05, 0) is 55.9 Å². The highest BCUT2D eigenvalue weighted by Crippen LogP contribution is 2.37. The molecule has 146 valence electrons. The zero-order valence-corrected chi connectivity index (χ0v) is 16.8. The number of fused-ring (bicyclic) bond motifs is 2. The topological polar surface area (TPSA) is 57.2 Å². The fourth-order valence-electron chi connectivity index (χ4n) is 3.97. The van der Waals surface area contributed by atoms with Crippen molar-refractivity contribution in [1.29, 1.82) is 0 Å². The van der Waals surface area contributed by atoms with Gasteiger partial charge >= 0.3 is 0 Å². The summed E-state index contributed by atoms with van der Waals surface area (Å²) in [4.78, 5) is -0.185. The Kier molecular flexibility index (Phi) is 4.39. The average molecular weight is 409 g/mol.